The smallest absolute Gasteiger partial charge is 0.0747 e. The van der Waals surface area contributed by atoms with Gasteiger partial charge in [0.25, 0.3) is 0 Å². The lowest BCUT2D eigenvalue weighted by Crippen LogP contribution is -2.25. The van der Waals surface area contributed by atoms with Gasteiger partial charge in [-0.3, -0.25) is 4.99 Å². The molecule has 0 radical (unpaired) electrons. The normalized spacial score (nSPS) is 15.4. The van der Waals surface area contributed by atoms with Crippen molar-refractivity contribution in [1.29, 1.82) is 0 Å². The summed E-state index contributed by atoms with van der Waals surface area (Å²) in [6.07, 6.45) is 1.52. The Labute approximate surface area is 343 Å². The molecule has 1 unspecified atom stereocenters. The van der Waals surface area contributed by atoms with Gasteiger partial charge in [-0.25, -0.2) is 0 Å². The highest BCUT2D eigenvalue weighted by molar-refractivity contribution is 6.15. The van der Waals surface area contributed by atoms with Gasteiger partial charge < -0.3 is 14.8 Å². The number of aromatic nitrogens is 1. The van der Waals surface area contributed by atoms with E-state index in [1.807, 2.05) is 0 Å². The fourth-order valence-electron chi connectivity index (χ4n) is 10.1. The minimum absolute atomic E-state index is 0.565. The van der Waals surface area contributed by atoms with Crippen LogP contribution in [0.5, 0.6) is 0 Å². The van der Waals surface area contributed by atoms with Gasteiger partial charge >= 0.3 is 0 Å². The molecular formula is C55H37N4-. The van der Waals surface area contributed by atoms with Crippen molar-refractivity contribution in [1.82, 2.24) is 4.57 Å². The first-order valence-electron chi connectivity index (χ1n) is 20.3. The zero-order valence-electron chi connectivity index (χ0n) is 32.2. The van der Waals surface area contributed by atoms with E-state index < -0.39 is 11.7 Å². The summed E-state index contributed by atoms with van der Waals surface area (Å²) in [5, 5.41) is 6.82. The molecule has 1 atom stereocenters. The average Bonchev–Trinajstić information content (AvgIpc) is 3.93. The zero-order valence-corrected chi connectivity index (χ0v) is 32.2. The maximum Gasteiger partial charge on any atom is 0.0747 e. The lowest BCUT2D eigenvalue weighted by atomic mass is 9.70. The monoisotopic (exact) mass is 753 g/mol. The van der Waals surface area contributed by atoms with E-state index in [2.05, 4.69) is 228 Å². The fourth-order valence-corrected chi connectivity index (χ4v) is 10.1. The topological polar surface area (TPSA) is 34.6 Å². The molecule has 0 bridgehead atoms. The molecule has 0 N–H and O–H groups in total. The third kappa shape index (κ3) is 4.87. The largest absolute Gasteiger partial charge is 0.646 e. The predicted octanol–water partition coefficient (Wildman–Crippen LogP) is 13.8. The van der Waals surface area contributed by atoms with Crippen LogP contribution in [0.3, 0.4) is 0 Å². The van der Waals surface area contributed by atoms with Crippen molar-refractivity contribution in [2.45, 2.75) is 11.7 Å². The van der Waals surface area contributed by atoms with E-state index in [0.29, 0.717) is 0 Å². The first-order chi connectivity index (χ1) is 29.3. The number of allylic oxidation sites excluding steroid dienone is 1. The average molecular weight is 754 g/mol. The Morgan fingerprint density at radius 2 is 0.966 bits per heavy atom. The Morgan fingerprint density at radius 1 is 0.475 bits per heavy atom. The van der Waals surface area contributed by atoms with Crippen LogP contribution in [0.2, 0.25) is 0 Å². The van der Waals surface area contributed by atoms with Crippen molar-refractivity contribution in [2.75, 3.05) is 4.90 Å². The second-order valence-electron chi connectivity index (χ2n) is 15.4. The van der Waals surface area contributed by atoms with E-state index >= 15 is 0 Å². The summed E-state index contributed by atoms with van der Waals surface area (Å²) in [6, 6.07) is 76.4. The zero-order chi connectivity index (χ0) is 38.9. The summed E-state index contributed by atoms with van der Waals surface area (Å²) in [5.41, 5.74) is 17.7. The van der Waals surface area contributed by atoms with Crippen molar-refractivity contribution in [3.8, 4) is 22.4 Å². The second-order valence-corrected chi connectivity index (χ2v) is 15.4. The lowest BCUT2D eigenvalue weighted by Gasteiger charge is -2.40. The van der Waals surface area contributed by atoms with Crippen LogP contribution in [0.4, 0.5) is 17.1 Å². The lowest BCUT2D eigenvalue weighted by molar-refractivity contribution is 0.643. The molecule has 0 saturated heterocycles. The van der Waals surface area contributed by atoms with Gasteiger partial charge in [0.2, 0.25) is 0 Å². The molecule has 0 saturated carbocycles. The number of anilines is 3. The van der Waals surface area contributed by atoms with Crippen molar-refractivity contribution in [2.24, 2.45) is 4.99 Å². The van der Waals surface area contributed by atoms with E-state index in [0.717, 1.165) is 50.8 Å². The number of para-hydroxylation sites is 3. The summed E-state index contributed by atoms with van der Waals surface area (Å²) in [7, 11) is 0. The summed E-state index contributed by atoms with van der Waals surface area (Å²) in [4.78, 5) is 8.03. The van der Waals surface area contributed by atoms with Crippen molar-refractivity contribution in [3.05, 3.63) is 257 Å². The minimum atomic E-state index is -0.624. The quantitative estimate of drug-likeness (QED) is 0.166. The number of hydrogen-bond acceptors (Lipinski definition) is 2. The third-order valence-electron chi connectivity index (χ3n) is 12.3. The summed E-state index contributed by atoms with van der Waals surface area (Å²) >= 11 is 0. The van der Waals surface area contributed by atoms with Gasteiger partial charge in [0, 0.05) is 27.9 Å². The molecule has 9 aromatic rings. The first kappa shape index (κ1) is 33.4. The molecule has 12 rings (SSSR count). The number of hydrogen-bond donors (Lipinski definition) is 0. The van der Waals surface area contributed by atoms with Crippen LogP contribution in [0.15, 0.2) is 223 Å². The van der Waals surface area contributed by atoms with Crippen molar-refractivity contribution >= 4 is 39.4 Å². The van der Waals surface area contributed by atoms with Crippen LogP contribution in [-0.2, 0) is 5.41 Å². The molecule has 2 aliphatic carbocycles. The second kappa shape index (κ2) is 13.2. The maximum absolute atomic E-state index is 5.64. The van der Waals surface area contributed by atoms with Crippen LogP contribution in [0.25, 0.3) is 44.3 Å². The van der Waals surface area contributed by atoms with Gasteiger partial charge in [-0.15, -0.1) is 5.70 Å². The van der Waals surface area contributed by atoms with Gasteiger partial charge in [0.15, 0.2) is 0 Å². The third-order valence-corrected chi connectivity index (χ3v) is 12.3. The van der Waals surface area contributed by atoms with Gasteiger partial charge in [-0.05, 0) is 69.3 Å². The van der Waals surface area contributed by atoms with Crippen LogP contribution in [0.1, 0.15) is 39.7 Å². The van der Waals surface area contributed by atoms with E-state index in [-0.39, 0.29) is 0 Å². The maximum atomic E-state index is 5.64. The van der Waals surface area contributed by atoms with Gasteiger partial charge in [-0.1, -0.05) is 188 Å². The summed E-state index contributed by atoms with van der Waals surface area (Å²) in [6.45, 7) is 0. The van der Waals surface area contributed by atoms with Crippen molar-refractivity contribution < 1.29 is 0 Å². The van der Waals surface area contributed by atoms with E-state index in [4.69, 9.17) is 10.3 Å². The standard InChI is InChI=1S/C55H37N4/c1-5-20-37(21-6-1)48-36-49(38-22-7-2-8-23-38)57-54(56-48)59-52-44(31-19-35-50(52)58(39-24-9-3-10-25-39)40-26-11-4-12-27-40)51-53(59)43-30-15-18-34-47(43)55(51)45-32-16-13-28-41(45)42-29-14-17-33-46(42)55/h1-36,54H/q-1. The Morgan fingerprint density at radius 3 is 1.56 bits per heavy atom. The number of aliphatic imine (C=N–C) groups is 1. The molecular weight excluding hydrogens is 717 g/mol. The van der Waals surface area contributed by atoms with Gasteiger partial charge in [0.05, 0.1) is 34.3 Å². The van der Waals surface area contributed by atoms with Crippen LogP contribution >= 0.6 is 0 Å². The Hall–Kier alpha value is -7.69. The molecule has 1 aliphatic heterocycles. The Balaban J connectivity index is 1.24. The SMILES string of the molecule is C1=C(c2ccccc2)[N-]C(n2c3c(c4cccc(N(c5ccccc5)c5ccccc5)c42)C2(c4ccccc4-c4ccccc42)c2ccccc2-3)N=C1c1ccccc1. The fraction of sp³-hybridized carbons (Fsp3) is 0.0364. The summed E-state index contributed by atoms with van der Waals surface area (Å²) in [5.74, 6) is 0. The van der Waals surface area contributed by atoms with Crippen LogP contribution < -0.4 is 4.90 Å². The van der Waals surface area contributed by atoms with Crippen LogP contribution in [-0.4, -0.2) is 10.3 Å². The molecule has 0 amide bonds. The molecule has 1 spiro atoms. The molecule has 4 nitrogen and oxygen atoms in total. The highest BCUT2D eigenvalue weighted by atomic mass is 15.3. The first-order valence-corrected chi connectivity index (χ1v) is 20.3. The molecule has 3 aliphatic rings. The molecule has 0 fully saturated rings. The molecule has 4 heteroatoms. The summed E-state index contributed by atoms with van der Waals surface area (Å²) < 4.78 is 2.47. The Kier molecular flexibility index (Phi) is 7.48. The molecule has 278 valence electrons. The Bertz CT molecular complexity index is 3040. The molecule has 8 aromatic carbocycles. The number of fused-ring (bicyclic) bond motifs is 12. The van der Waals surface area contributed by atoms with Crippen LogP contribution in [0, 0.1) is 0 Å². The number of benzene rings is 8. The highest BCUT2D eigenvalue weighted by Gasteiger charge is 2.54. The van der Waals surface area contributed by atoms with Crippen molar-refractivity contribution in [3.63, 3.8) is 0 Å². The van der Waals surface area contributed by atoms with E-state index in [1.54, 1.807) is 0 Å². The highest BCUT2D eigenvalue weighted by Crippen LogP contribution is 2.66. The molecule has 1 aromatic heterocycles. The number of nitrogens with zero attached hydrogens (tertiary/aromatic N) is 4. The van der Waals surface area contributed by atoms with E-state index in [1.165, 1.54) is 44.3 Å². The molecule has 2 heterocycles. The minimum Gasteiger partial charge on any atom is -0.646 e. The van der Waals surface area contributed by atoms with Gasteiger partial charge in [0.1, 0.15) is 0 Å². The van der Waals surface area contributed by atoms with Gasteiger partial charge in [-0.2, -0.15) is 0 Å². The predicted molar refractivity (Wildman–Crippen MR) is 243 cm³/mol. The van der Waals surface area contributed by atoms with E-state index in [9.17, 15) is 0 Å². The molecule has 59 heavy (non-hydrogen) atoms. The number of rotatable bonds is 6.